The van der Waals surface area contributed by atoms with Crippen molar-refractivity contribution in [1.82, 2.24) is 5.32 Å². The standard InChI is InChI=1S/C22H26N2O8/c1-4-30-19-8-6-15(12-20(19)31-5-2)10-11-23-21(25)14-32-22(26)16-7-9-18(29-3)17(13-16)24(27)28/h6-9,12-13H,4-5,10-11,14H2,1-3H3,(H,23,25). The smallest absolute Gasteiger partial charge is 0.338 e. The van der Waals surface area contributed by atoms with Crippen molar-refractivity contribution in [3.63, 3.8) is 0 Å². The zero-order chi connectivity index (χ0) is 23.5. The molecule has 0 aliphatic carbocycles. The summed E-state index contributed by atoms with van der Waals surface area (Å²) in [6.45, 7) is 4.62. The van der Waals surface area contributed by atoms with Gasteiger partial charge in [-0.25, -0.2) is 4.79 Å². The van der Waals surface area contributed by atoms with Crippen molar-refractivity contribution in [2.24, 2.45) is 0 Å². The number of benzene rings is 2. The first-order chi connectivity index (χ1) is 15.4. The quantitative estimate of drug-likeness (QED) is 0.300. The Kier molecular flexibility index (Phi) is 9.27. The third-order valence-electron chi connectivity index (χ3n) is 4.29. The summed E-state index contributed by atoms with van der Waals surface area (Å²) in [6.07, 6.45) is 0.539. The van der Waals surface area contributed by atoms with Crippen molar-refractivity contribution >= 4 is 17.6 Å². The van der Waals surface area contributed by atoms with Gasteiger partial charge in [0.05, 0.1) is 30.8 Å². The van der Waals surface area contributed by atoms with Crippen LogP contribution in [0.3, 0.4) is 0 Å². The van der Waals surface area contributed by atoms with Crippen LogP contribution in [0.2, 0.25) is 0 Å². The Morgan fingerprint density at radius 2 is 1.69 bits per heavy atom. The lowest BCUT2D eigenvalue weighted by Crippen LogP contribution is -2.30. The van der Waals surface area contributed by atoms with Gasteiger partial charge in [-0.15, -0.1) is 0 Å². The molecule has 32 heavy (non-hydrogen) atoms. The molecule has 10 nitrogen and oxygen atoms in total. The monoisotopic (exact) mass is 446 g/mol. The fraction of sp³-hybridized carbons (Fsp3) is 0.364. The number of nitro groups is 1. The van der Waals surface area contributed by atoms with Crippen LogP contribution in [-0.2, 0) is 16.0 Å². The van der Waals surface area contributed by atoms with Gasteiger partial charge in [0.15, 0.2) is 23.9 Å². The van der Waals surface area contributed by atoms with Crippen molar-refractivity contribution in [3.05, 3.63) is 57.6 Å². The number of nitrogens with zero attached hydrogens (tertiary/aromatic N) is 1. The topological polar surface area (TPSA) is 126 Å². The molecule has 0 aliphatic rings. The summed E-state index contributed by atoms with van der Waals surface area (Å²) < 4.78 is 20.9. The second kappa shape index (κ2) is 12.1. The maximum atomic E-state index is 12.1. The normalized spacial score (nSPS) is 10.2. The van der Waals surface area contributed by atoms with Crippen LogP contribution in [0, 0.1) is 10.1 Å². The molecule has 0 saturated heterocycles. The molecule has 0 heterocycles. The SMILES string of the molecule is CCOc1ccc(CCNC(=O)COC(=O)c2ccc(OC)c([N+](=O)[O-])c2)cc1OCC. The van der Waals surface area contributed by atoms with Gasteiger partial charge in [-0.2, -0.15) is 0 Å². The number of hydrogen-bond donors (Lipinski definition) is 1. The minimum absolute atomic E-state index is 0.0195. The van der Waals surface area contributed by atoms with Crippen LogP contribution in [0.1, 0.15) is 29.8 Å². The van der Waals surface area contributed by atoms with Crippen molar-refractivity contribution in [2.45, 2.75) is 20.3 Å². The summed E-state index contributed by atoms with van der Waals surface area (Å²) >= 11 is 0. The highest BCUT2D eigenvalue weighted by atomic mass is 16.6. The van der Waals surface area contributed by atoms with Crippen molar-refractivity contribution in [2.75, 3.05) is 33.5 Å². The minimum atomic E-state index is -0.848. The number of amides is 1. The molecule has 0 radical (unpaired) electrons. The lowest BCUT2D eigenvalue weighted by atomic mass is 10.1. The molecular formula is C22H26N2O8. The molecule has 2 rings (SSSR count). The maximum absolute atomic E-state index is 12.1. The van der Waals surface area contributed by atoms with E-state index >= 15 is 0 Å². The highest BCUT2D eigenvalue weighted by Gasteiger charge is 2.19. The van der Waals surface area contributed by atoms with Crippen LogP contribution < -0.4 is 19.5 Å². The number of ether oxygens (including phenoxy) is 4. The predicted molar refractivity (Wildman–Crippen MR) is 115 cm³/mol. The van der Waals surface area contributed by atoms with Gasteiger partial charge in [-0.1, -0.05) is 6.07 Å². The molecule has 1 amide bonds. The van der Waals surface area contributed by atoms with Crippen molar-refractivity contribution in [1.29, 1.82) is 0 Å². The fourth-order valence-electron chi connectivity index (χ4n) is 2.82. The van der Waals surface area contributed by atoms with Crippen LogP contribution in [0.15, 0.2) is 36.4 Å². The summed E-state index contributed by atoms with van der Waals surface area (Å²) in [5.41, 5.74) is 0.524. The number of carbonyl (C=O) groups excluding carboxylic acids is 2. The molecule has 10 heteroatoms. The van der Waals surface area contributed by atoms with Gasteiger partial charge in [0.1, 0.15) is 0 Å². The number of esters is 1. The van der Waals surface area contributed by atoms with Crippen LogP contribution in [0.4, 0.5) is 5.69 Å². The predicted octanol–water partition coefficient (Wildman–Crippen LogP) is 2.92. The molecule has 0 spiro atoms. The van der Waals surface area contributed by atoms with Gasteiger partial charge in [-0.05, 0) is 50.1 Å². The molecule has 0 atom stereocenters. The lowest BCUT2D eigenvalue weighted by Gasteiger charge is -2.12. The van der Waals surface area contributed by atoms with Crippen LogP contribution >= 0.6 is 0 Å². The molecule has 0 aromatic heterocycles. The van der Waals surface area contributed by atoms with Gasteiger partial charge < -0.3 is 24.3 Å². The first-order valence-electron chi connectivity index (χ1n) is 10.0. The summed E-state index contributed by atoms with van der Waals surface area (Å²) in [7, 11) is 1.29. The van der Waals surface area contributed by atoms with Crippen molar-refractivity contribution in [3.8, 4) is 17.2 Å². The maximum Gasteiger partial charge on any atom is 0.338 e. The highest BCUT2D eigenvalue weighted by Crippen LogP contribution is 2.29. The second-order valence-electron chi connectivity index (χ2n) is 6.47. The number of nitro benzene ring substituents is 1. The fourth-order valence-corrected chi connectivity index (χ4v) is 2.82. The number of rotatable bonds is 12. The minimum Gasteiger partial charge on any atom is -0.490 e. The summed E-state index contributed by atoms with van der Waals surface area (Å²) in [5, 5.41) is 13.7. The van der Waals surface area contributed by atoms with E-state index in [0.29, 0.717) is 37.7 Å². The van der Waals surface area contributed by atoms with Gasteiger partial charge in [-0.3, -0.25) is 14.9 Å². The largest absolute Gasteiger partial charge is 0.490 e. The molecule has 0 bridgehead atoms. The molecule has 1 N–H and O–H groups in total. The number of nitrogens with one attached hydrogen (secondary N) is 1. The molecule has 0 aliphatic heterocycles. The highest BCUT2D eigenvalue weighted by molar-refractivity contribution is 5.92. The van der Waals surface area contributed by atoms with E-state index in [1.807, 2.05) is 32.0 Å². The Morgan fingerprint density at radius 1 is 1.00 bits per heavy atom. The Labute approximate surface area is 185 Å². The van der Waals surface area contributed by atoms with E-state index in [9.17, 15) is 19.7 Å². The molecule has 2 aromatic carbocycles. The zero-order valence-corrected chi connectivity index (χ0v) is 18.2. The molecule has 0 saturated carbocycles. The molecule has 2 aromatic rings. The molecular weight excluding hydrogens is 420 g/mol. The summed E-state index contributed by atoms with van der Waals surface area (Å²) in [4.78, 5) is 34.5. The van der Waals surface area contributed by atoms with E-state index in [1.165, 1.54) is 19.2 Å². The van der Waals surface area contributed by atoms with Gasteiger partial charge in [0, 0.05) is 12.6 Å². The van der Waals surface area contributed by atoms with Crippen molar-refractivity contribution < 1.29 is 33.5 Å². The molecule has 0 fully saturated rings. The average Bonchev–Trinajstić information content (AvgIpc) is 2.78. The van der Waals surface area contributed by atoms with Gasteiger partial charge in [0.2, 0.25) is 0 Å². The summed E-state index contributed by atoms with van der Waals surface area (Å²) in [6, 6.07) is 9.23. The number of methoxy groups -OCH3 is 1. The van der Waals surface area contributed by atoms with Crippen LogP contribution in [0.25, 0.3) is 0 Å². The van der Waals surface area contributed by atoms with E-state index in [4.69, 9.17) is 18.9 Å². The summed E-state index contributed by atoms with van der Waals surface area (Å²) in [5.74, 6) is -0.0179. The van der Waals surface area contributed by atoms with Crippen LogP contribution in [0.5, 0.6) is 17.2 Å². The third-order valence-corrected chi connectivity index (χ3v) is 4.29. The second-order valence-corrected chi connectivity index (χ2v) is 6.47. The van der Waals surface area contributed by atoms with E-state index in [1.54, 1.807) is 0 Å². The van der Waals surface area contributed by atoms with Crippen LogP contribution in [-0.4, -0.2) is 50.3 Å². The van der Waals surface area contributed by atoms with E-state index < -0.39 is 23.4 Å². The Balaban J connectivity index is 1.85. The lowest BCUT2D eigenvalue weighted by molar-refractivity contribution is -0.385. The average molecular weight is 446 g/mol. The number of hydrogen-bond acceptors (Lipinski definition) is 8. The van der Waals surface area contributed by atoms with E-state index in [0.717, 1.165) is 11.6 Å². The van der Waals surface area contributed by atoms with Gasteiger partial charge in [0.25, 0.3) is 5.91 Å². The third kappa shape index (κ3) is 6.86. The zero-order valence-electron chi connectivity index (χ0n) is 18.2. The molecule has 172 valence electrons. The Bertz CT molecular complexity index is 961. The Hall–Kier alpha value is -3.82. The first-order valence-corrected chi connectivity index (χ1v) is 10.0. The van der Waals surface area contributed by atoms with E-state index in [2.05, 4.69) is 5.32 Å². The van der Waals surface area contributed by atoms with E-state index in [-0.39, 0.29) is 17.0 Å². The molecule has 0 unspecified atom stereocenters. The van der Waals surface area contributed by atoms with Gasteiger partial charge >= 0.3 is 11.7 Å². The first kappa shape index (κ1) is 24.4. The Morgan fingerprint density at radius 3 is 2.34 bits per heavy atom. The number of carbonyl (C=O) groups is 2.